The van der Waals surface area contributed by atoms with Gasteiger partial charge in [0.2, 0.25) is 0 Å². The molecule has 0 unspecified atom stereocenters. The summed E-state index contributed by atoms with van der Waals surface area (Å²) in [5.74, 6) is 0.141. The summed E-state index contributed by atoms with van der Waals surface area (Å²) in [6.07, 6.45) is 2.10. The van der Waals surface area contributed by atoms with Crippen LogP contribution in [0.25, 0.3) is 0 Å². The second-order valence-corrected chi connectivity index (χ2v) is 6.69. The maximum atomic E-state index is 11.1. The summed E-state index contributed by atoms with van der Waals surface area (Å²) in [5, 5.41) is 8.97. The van der Waals surface area contributed by atoms with Crippen LogP contribution < -0.4 is 0 Å². The first-order valence-corrected chi connectivity index (χ1v) is 8.12. The van der Waals surface area contributed by atoms with E-state index in [1.165, 1.54) is 11.8 Å². The van der Waals surface area contributed by atoms with Crippen molar-refractivity contribution in [3.8, 4) is 0 Å². The molecule has 1 rings (SSSR count). The number of hydrogen-bond donors (Lipinski definition) is 1. The third kappa shape index (κ3) is 6.74. The lowest BCUT2D eigenvalue weighted by Crippen LogP contribution is -2.33. The number of aliphatic hydroxyl groups excluding tert-OH is 1. The first kappa shape index (κ1) is 15.1. The van der Waals surface area contributed by atoms with E-state index in [0.717, 1.165) is 13.0 Å². The SMILES string of the molecule is CS(=O)(=O)CCN(CCO)CCc1ccccc1. The smallest absolute Gasteiger partial charge is 0.148 e. The molecule has 5 heteroatoms. The summed E-state index contributed by atoms with van der Waals surface area (Å²) in [5.41, 5.74) is 1.22. The van der Waals surface area contributed by atoms with E-state index in [0.29, 0.717) is 13.1 Å². The molecular weight excluding hydrogens is 250 g/mol. The summed E-state index contributed by atoms with van der Waals surface area (Å²) in [7, 11) is -2.94. The van der Waals surface area contributed by atoms with Crippen molar-refractivity contribution in [3.63, 3.8) is 0 Å². The predicted molar refractivity (Wildman–Crippen MR) is 73.4 cm³/mol. The highest BCUT2D eigenvalue weighted by atomic mass is 32.2. The quantitative estimate of drug-likeness (QED) is 0.751. The Labute approximate surface area is 109 Å². The van der Waals surface area contributed by atoms with E-state index in [-0.39, 0.29) is 12.4 Å². The van der Waals surface area contributed by atoms with E-state index in [1.54, 1.807) is 0 Å². The molecule has 0 amide bonds. The fourth-order valence-corrected chi connectivity index (χ4v) is 2.29. The summed E-state index contributed by atoms with van der Waals surface area (Å²) >= 11 is 0. The van der Waals surface area contributed by atoms with Crippen LogP contribution in [0.3, 0.4) is 0 Å². The maximum absolute atomic E-state index is 11.1. The highest BCUT2D eigenvalue weighted by Crippen LogP contribution is 2.01. The topological polar surface area (TPSA) is 57.6 Å². The van der Waals surface area contributed by atoms with Gasteiger partial charge in [-0.25, -0.2) is 8.42 Å². The molecule has 0 aliphatic rings. The summed E-state index contributed by atoms with van der Waals surface area (Å²) < 4.78 is 22.3. The Balaban J connectivity index is 2.43. The average molecular weight is 271 g/mol. The molecule has 0 atom stereocenters. The van der Waals surface area contributed by atoms with Crippen LogP contribution in [0, 0.1) is 0 Å². The van der Waals surface area contributed by atoms with E-state index in [1.807, 2.05) is 35.2 Å². The summed E-state index contributed by atoms with van der Waals surface area (Å²) in [6, 6.07) is 10.0. The number of nitrogens with zero attached hydrogens (tertiary/aromatic N) is 1. The fraction of sp³-hybridized carbons (Fsp3) is 0.538. The third-order valence-corrected chi connectivity index (χ3v) is 3.68. The van der Waals surface area contributed by atoms with Crippen molar-refractivity contribution >= 4 is 9.84 Å². The van der Waals surface area contributed by atoms with Gasteiger partial charge in [-0.05, 0) is 12.0 Å². The lowest BCUT2D eigenvalue weighted by Gasteiger charge is -2.20. The molecule has 0 bridgehead atoms. The van der Waals surface area contributed by atoms with Gasteiger partial charge in [0.05, 0.1) is 12.4 Å². The molecule has 0 fully saturated rings. The van der Waals surface area contributed by atoms with Gasteiger partial charge in [-0.15, -0.1) is 0 Å². The molecule has 0 saturated heterocycles. The Kier molecular flexibility index (Phi) is 6.32. The molecule has 4 nitrogen and oxygen atoms in total. The zero-order valence-electron chi connectivity index (χ0n) is 10.7. The minimum absolute atomic E-state index is 0.0541. The van der Waals surface area contributed by atoms with Gasteiger partial charge >= 0.3 is 0 Å². The van der Waals surface area contributed by atoms with Crippen molar-refractivity contribution in [1.82, 2.24) is 4.90 Å². The number of rotatable bonds is 8. The van der Waals surface area contributed by atoms with Gasteiger partial charge in [-0.1, -0.05) is 30.3 Å². The summed E-state index contributed by atoms with van der Waals surface area (Å²) in [4.78, 5) is 1.98. The minimum Gasteiger partial charge on any atom is -0.395 e. The van der Waals surface area contributed by atoms with Gasteiger partial charge in [-0.3, -0.25) is 4.90 Å². The molecule has 18 heavy (non-hydrogen) atoms. The largest absolute Gasteiger partial charge is 0.395 e. The van der Waals surface area contributed by atoms with Gasteiger partial charge in [0, 0.05) is 25.9 Å². The number of hydrogen-bond acceptors (Lipinski definition) is 4. The zero-order valence-corrected chi connectivity index (χ0v) is 11.6. The predicted octanol–water partition coefficient (Wildman–Crippen LogP) is 0.568. The van der Waals surface area contributed by atoms with E-state index >= 15 is 0 Å². The molecule has 0 radical (unpaired) electrons. The van der Waals surface area contributed by atoms with Gasteiger partial charge < -0.3 is 5.11 Å². The molecule has 0 spiro atoms. The van der Waals surface area contributed by atoms with Gasteiger partial charge in [0.1, 0.15) is 9.84 Å². The first-order chi connectivity index (χ1) is 8.51. The number of benzene rings is 1. The lowest BCUT2D eigenvalue weighted by atomic mass is 10.1. The standard InChI is InChI=1S/C13H21NO3S/c1-18(16,17)12-10-14(9-11-15)8-7-13-5-3-2-4-6-13/h2-6,15H,7-12H2,1H3. The number of aliphatic hydroxyl groups is 1. The van der Waals surface area contributed by atoms with Crippen LogP contribution in [0.15, 0.2) is 30.3 Å². The van der Waals surface area contributed by atoms with Crippen LogP contribution in [0.4, 0.5) is 0 Å². The van der Waals surface area contributed by atoms with E-state index < -0.39 is 9.84 Å². The third-order valence-electron chi connectivity index (χ3n) is 2.75. The Bertz CT molecular complexity index is 431. The molecule has 0 aliphatic carbocycles. The average Bonchev–Trinajstić information content (AvgIpc) is 2.33. The molecule has 0 saturated carbocycles. The van der Waals surface area contributed by atoms with Crippen molar-refractivity contribution in [2.45, 2.75) is 6.42 Å². The molecule has 0 aliphatic heterocycles. The second-order valence-electron chi connectivity index (χ2n) is 4.43. The highest BCUT2D eigenvalue weighted by molar-refractivity contribution is 7.90. The second kappa shape index (κ2) is 7.51. The molecule has 102 valence electrons. The van der Waals surface area contributed by atoms with Crippen LogP contribution in [-0.2, 0) is 16.3 Å². The Morgan fingerprint density at radius 1 is 1.11 bits per heavy atom. The molecule has 0 aromatic heterocycles. The molecule has 1 aromatic rings. The van der Waals surface area contributed by atoms with Crippen molar-refractivity contribution in [1.29, 1.82) is 0 Å². The van der Waals surface area contributed by atoms with E-state index in [2.05, 4.69) is 0 Å². The normalized spacial score (nSPS) is 11.9. The number of sulfone groups is 1. The molecular formula is C13H21NO3S. The maximum Gasteiger partial charge on any atom is 0.148 e. The van der Waals surface area contributed by atoms with Gasteiger partial charge in [0.15, 0.2) is 0 Å². The Morgan fingerprint density at radius 3 is 2.33 bits per heavy atom. The van der Waals surface area contributed by atoms with Crippen molar-refractivity contribution in [2.24, 2.45) is 0 Å². The van der Waals surface area contributed by atoms with E-state index in [4.69, 9.17) is 5.11 Å². The molecule has 1 aromatic carbocycles. The van der Waals surface area contributed by atoms with Crippen LogP contribution in [-0.4, -0.2) is 56.7 Å². The van der Waals surface area contributed by atoms with Gasteiger partial charge in [-0.2, -0.15) is 0 Å². The monoisotopic (exact) mass is 271 g/mol. The lowest BCUT2D eigenvalue weighted by molar-refractivity contribution is 0.204. The Hall–Kier alpha value is -0.910. The minimum atomic E-state index is -2.94. The van der Waals surface area contributed by atoms with Crippen molar-refractivity contribution in [3.05, 3.63) is 35.9 Å². The molecule has 1 N–H and O–H groups in total. The molecule has 0 heterocycles. The van der Waals surface area contributed by atoms with Crippen LogP contribution in [0.1, 0.15) is 5.56 Å². The van der Waals surface area contributed by atoms with E-state index in [9.17, 15) is 8.42 Å². The van der Waals surface area contributed by atoms with Crippen LogP contribution in [0.5, 0.6) is 0 Å². The zero-order chi connectivity index (χ0) is 13.4. The van der Waals surface area contributed by atoms with Crippen molar-refractivity contribution in [2.75, 3.05) is 38.2 Å². The highest BCUT2D eigenvalue weighted by Gasteiger charge is 2.09. The summed E-state index contributed by atoms with van der Waals surface area (Å²) in [6.45, 7) is 1.81. The fourth-order valence-electron chi connectivity index (χ4n) is 1.70. The van der Waals surface area contributed by atoms with Crippen molar-refractivity contribution < 1.29 is 13.5 Å². The Morgan fingerprint density at radius 2 is 1.78 bits per heavy atom. The van der Waals surface area contributed by atoms with Crippen LogP contribution >= 0.6 is 0 Å². The van der Waals surface area contributed by atoms with Crippen LogP contribution in [0.2, 0.25) is 0 Å². The van der Waals surface area contributed by atoms with Gasteiger partial charge in [0.25, 0.3) is 0 Å². The first-order valence-electron chi connectivity index (χ1n) is 6.06.